The molecule has 1 aromatic carbocycles. The largest absolute Gasteiger partial charge is 0.512 e. The first kappa shape index (κ1) is 21.9. The summed E-state index contributed by atoms with van der Waals surface area (Å²) >= 11 is 0. The van der Waals surface area contributed by atoms with E-state index in [4.69, 9.17) is 16.6 Å². The van der Waals surface area contributed by atoms with Gasteiger partial charge in [-0.3, -0.25) is 9.59 Å². The van der Waals surface area contributed by atoms with Crippen molar-refractivity contribution >= 4 is 29.3 Å². The first-order valence-electron chi connectivity index (χ1n) is 9.39. The highest BCUT2D eigenvalue weighted by atomic mass is 16.3. The lowest BCUT2D eigenvalue weighted by Gasteiger charge is -2.24. The second-order valence-electron chi connectivity index (χ2n) is 6.92. The maximum atomic E-state index is 12.6. The summed E-state index contributed by atoms with van der Waals surface area (Å²) in [6.45, 7) is 2.31. The molecule has 0 bridgehead atoms. The Morgan fingerprint density at radius 2 is 2.03 bits per heavy atom. The lowest BCUT2D eigenvalue weighted by molar-refractivity contribution is -0.138. The van der Waals surface area contributed by atoms with Gasteiger partial charge in [0.15, 0.2) is 0 Å². The molecule has 1 fully saturated rings. The van der Waals surface area contributed by atoms with Gasteiger partial charge in [0.2, 0.25) is 11.8 Å². The Morgan fingerprint density at radius 1 is 1.34 bits per heavy atom. The summed E-state index contributed by atoms with van der Waals surface area (Å²) in [5.41, 5.74) is 7.96. The Labute approximate surface area is 170 Å². The number of carbonyl (C=O) groups excluding carboxylic acids is 2. The summed E-state index contributed by atoms with van der Waals surface area (Å²) < 4.78 is 0. The third kappa shape index (κ3) is 6.03. The highest BCUT2D eigenvalue weighted by Crippen LogP contribution is 2.20. The molecule has 1 aliphatic rings. The van der Waals surface area contributed by atoms with Crippen LogP contribution in [0.4, 0.5) is 0 Å². The Kier molecular flexibility index (Phi) is 7.70. The second-order valence-corrected chi connectivity index (χ2v) is 6.92. The summed E-state index contributed by atoms with van der Waals surface area (Å²) in [6.07, 6.45) is 4.87. The Hall–Kier alpha value is -3.42. The van der Waals surface area contributed by atoms with Crippen LogP contribution in [0.2, 0.25) is 0 Å². The van der Waals surface area contributed by atoms with E-state index in [-0.39, 0.29) is 29.7 Å². The fourth-order valence-corrected chi connectivity index (χ4v) is 3.24. The number of nitrogens with one attached hydrogen (secondary N) is 3. The molecule has 2 rings (SSSR count). The van der Waals surface area contributed by atoms with Crippen molar-refractivity contribution in [1.29, 1.82) is 10.8 Å². The fraction of sp³-hybridized carbons (Fsp3) is 0.333. The van der Waals surface area contributed by atoms with E-state index in [0.717, 1.165) is 17.5 Å². The van der Waals surface area contributed by atoms with Gasteiger partial charge in [-0.05, 0) is 37.0 Å². The van der Waals surface area contributed by atoms with Crippen LogP contribution in [0.5, 0.6) is 0 Å². The quantitative estimate of drug-likeness (QED) is 0.338. The van der Waals surface area contributed by atoms with Gasteiger partial charge in [-0.2, -0.15) is 0 Å². The van der Waals surface area contributed by atoms with Gasteiger partial charge < -0.3 is 31.9 Å². The van der Waals surface area contributed by atoms with Crippen LogP contribution in [0.3, 0.4) is 0 Å². The SMILES string of the molecule is CC(=N)/C=C(\O)CC(=O)N1CCCC1C(=O)NCc1ccc(/C(C=N)=C/N)cc1. The average Bonchev–Trinajstić information content (AvgIpc) is 3.17. The van der Waals surface area contributed by atoms with Crippen LogP contribution in [0.15, 0.2) is 42.3 Å². The number of hydrogen-bond acceptors (Lipinski definition) is 6. The van der Waals surface area contributed by atoms with Crippen molar-refractivity contribution in [3.8, 4) is 0 Å². The van der Waals surface area contributed by atoms with E-state index >= 15 is 0 Å². The van der Waals surface area contributed by atoms with Crippen molar-refractivity contribution < 1.29 is 14.7 Å². The van der Waals surface area contributed by atoms with Crippen LogP contribution >= 0.6 is 0 Å². The number of hydrogen-bond donors (Lipinski definition) is 5. The first-order valence-corrected chi connectivity index (χ1v) is 9.39. The molecular formula is C21H27N5O3. The summed E-state index contributed by atoms with van der Waals surface area (Å²) in [7, 11) is 0. The Balaban J connectivity index is 1.95. The normalized spacial score (nSPS) is 17.1. The molecule has 0 saturated carbocycles. The monoisotopic (exact) mass is 397 g/mol. The van der Waals surface area contributed by atoms with Crippen molar-refractivity contribution in [1.82, 2.24) is 10.2 Å². The number of carbonyl (C=O) groups is 2. The molecule has 0 aromatic heterocycles. The van der Waals surface area contributed by atoms with E-state index in [0.29, 0.717) is 25.1 Å². The van der Waals surface area contributed by atoms with Gasteiger partial charge in [0.25, 0.3) is 0 Å². The van der Waals surface area contributed by atoms with Crippen LogP contribution < -0.4 is 11.1 Å². The predicted molar refractivity (Wildman–Crippen MR) is 113 cm³/mol. The van der Waals surface area contributed by atoms with Gasteiger partial charge in [0.1, 0.15) is 11.8 Å². The molecule has 0 radical (unpaired) electrons. The topological polar surface area (TPSA) is 143 Å². The van der Waals surface area contributed by atoms with Gasteiger partial charge in [0, 0.05) is 36.8 Å². The number of nitrogens with two attached hydrogens (primary N) is 1. The number of benzene rings is 1. The lowest BCUT2D eigenvalue weighted by Crippen LogP contribution is -2.45. The summed E-state index contributed by atoms with van der Waals surface area (Å²) in [4.78, 5) is 26.5. The van der Waals surface area contributed by atoms with E-state index in [1.807, 2.05) is 24.3 Å². The summed E-state index contributed by atoms with van der Waals surface area (Å²) in [5, 5.41) is 27.3. The molecule has 0 spiro atoms. The first-order chi connectivity index (χ1) is 13.8. The van der Waals surface area contributed by atoms with Crippen molar-refractivity contribution in [3.05, 3.63) is 53.4 Å². The van der Waals surface area contributed by atoms with Gasteiger partial charge in [0.05, 0.1) is 6.42 Å². The van der Waals surface area contributed by atoms with E-state index < -0.39 is 6.04 Å². The highest BCUT2D eigenvalue weighted by Gasteiger charge is 2.33. The molecule has 1 aliphatic heterocycles. The minimum atomic E-state index is -0.555. The molecule has 1 saturated heterocycles. The van der Waals surface area contributed by atoms with Crippen molar-refractivity contribution in [2.75, 3.05) is 6.54 Å². The predicted octanol–water partition coefficient (Wildman–Crippen LogP) is 2.11. The zero-order chi connectivity index (χ0) is 21.4. The highest BCUT2D eigenvalue weighted by molar-refractivity contribution is 6.08. The number of allylic oxidation sites excluding steroid dienone is 2. The minimum absolute atomic E-state index is 0.159. The molecule has 6 N–H and O–H groups in total. The van der Waals surface area contributed by atoms with Crippen LogP contribution in [0.1, 0.15) is 37.3 Å². The smallest absolute Gasteiger partial charge is 0.243 e. The minimum Gasteiger partial charge on any atom is -0.512 e. The molecular weight excluding hydrogens is 370 g/mol. The number of aliphatic hydroxyl groups is 1. The number of aliphatic hydroxyl groups excluding tert-OH is 1. The number of likely N-dealkylation sites (tertiary alicyclic amines) is 1. The van der Waals surface area contributed by atoms with Gasteiger partial charge >= 0.3 is 0 Å². The zero-order valence-corrected chi connectivity index (χ0v) is 16.4. The Morgan fingerprint density at radius 3 is 2.62 bits per heavy atom. The molecule has 8 heteroatoms. The summed E-state index contributed by atoms with van der Waals surface area (Å²) in [6, 6.07) is 6.81. The van der Waals surface area contributed by atoms with Gasteiger partial charge in [-0.25, -0.2) is 0 Å². The third-order valence-electron chi connectivity index (χ3n) is 4.68. The maximum absolute atomic E-state index is 12.6. The summed E-state index contributed by atoms with van der Waals surface area (Å²) in [5.74, 6) is -0.729. The van der Waals surface area contributed by atoms with Crippen LogP contribution in [0, 0.1) is 10.8 Å². The third-order valence-corrected chi connectivity index (χ3v) is 4.68. The molecule has 0 aliphatic carbocycles. The second kappa shape index (κ2) is 10.2. The van der Waals surface area contributed by atoms with Crippen LogP contribution in [-0.2, 0) is 16.1 Å². The zero-order valence-electron chi connectivity index (χ0n) is 16.4. The Bertz CT molecular complexity index is 842. The van der Waals surface area contributed by atoms with E-state index in [2.05, 4.69) is 5.32 Å². The van der Waals surface area contributed by atoms with E-state index in [1.165, 1.54) is 30.3 Å². The van der Waals surface area contributed by atoms with Crippen molar-refractivity contribution in [2.24, 2.45) is 5.73 Å². The molecule has 8 nitrogen and oxygen atoms in total. The van der Waals surface area contributed by atoms with Gasteiger partial charge in [-0.1, -0.05) is 24.3 Å². The number of rotatable bonds is 8. The molecule has 1 atom stereocenters. The lowest BCUT2D eigenvalue weighted by atomic mass is 10.1. The molecule has 2 amide bonds. The average molecular weight is 397 g/mol. The van der Waals surface area contributed by atoms with Crippen LogP contribution in [0.25, 0.3) is 5.57 Å². The van der Waals surface area contributed by atoms with Crippen molar-refractivity contribution in [2.45, 2.75) is 38.8 Å². The standard InChI is InChI=1S/C21H27N5O3/c1-14(24)9-18(27)10-20(28)26-8-2-3-19(26)21(29)25-13-15-4-6-16(7-5-15)17(11-22)12-23/h4-7,9,11-12,19,22,24,27H,2-3,8,10,13,23H2,1H3,(H,25,29)/b17-12+,18-9-,22-11?,24-14?. The molecule has 154 valence electrons. The number of nitrogens with zero attached hydrogens (tertiary/aromatic N) is 1. The van der Waals surface area contributed by atoms with E-state index in [1.54, 1.807) is 0 Å². The molecule has 29 heavy (non-hydrogen) atoms. The fourth-order valence-electron chi connectivity index (χ4n) is 3.24. The van der Waals surface area contributed by atoms with Crippen molar-refractivity contribution in [3.63, 3.8) is 0 Å². The maximum Gasteiger partial charge on any atom is 0.243 e. The molecule has 1 unspecified atom stereocenters. The van der Waals surface area contributed by atoms with Crippen LogP contribution in [-0.4, -0.2) is 46.3 Å². The van der Waals surface area contributed by atoms with Gasteiger partial charge in [-0.15, -0.1) is 0 Å². The molecule has 1 aromatic rings. The number of amides is 2. The van der Waals surface area contributed by atoms with E-state index in [9.17, 15) is 14.7 Å². The molecule has 1 heterocycles.